The van der Waals surface area contributed by atoms with Crippen molar-refractivity contribution in [3.8, 4) is 5.75 Å². The second-order valence-corrected chi connectivity index (χ2v) is 7.79. The SMILES string of the molecule is O=C(COc1ccccc1C(=O)NC1CCCCCCC1)Nc1ccc(Cl)cc1. The van der Waals surface area contributed by atoms with Crippen molar-refractivity contribution in [1.82, 2.24) is 5.32 Å². The van der Waals surface area contributed by atoms with Crippen LogP contribution in [-0.4, -0.2) is 24.5 Å². The standard InChI is InChI=1S/C23H27ClN2O3/c24-17-12-14-19(15-13-17)25-22(27)16-29-21-11-7-6-10-20(21)23(28)26-18-8-4-2-1-3-5-9-18/h6-7,10-15,18H,1-5,8-9,16H2,(H,25,27)(H,26,28). The first kappa shape index (κ1) is 21.2. The molecule has 0 unspecified atom stereocenters. The Morgan fingerprint density at radius 2 is 1.59 bits per heavy atom. The number of hydrogen-bond donors (Lipinski definition) is 2. The molecule has 2 N–H and O–H groups in total. The lowest BCUT2D eigenvalue weighted by Gasteiger charge is -2.21. The highest BCUT2D eigenvalue weighted by molar-refractivity contribution is 6.30. The first-order valence-electron chi connectivity index (χ1n) is 10.2. The molecule has 0 radical (unpaired) electrons. The number of ether oxygens (including phenoxy) is 1. The molecule has 1 aliphatic rings. The average Bonchev–Trinajstić information content (AvgIpc) is 2.70. The van der Waals surface area contributed by atoms with E-state index in [2.05, 4.69) is 10.6 Å². The van der Waals surface area contributed by atoms with Gasteiger partial charge >= 0.3 is 0 Å². The predicted molar refractivity (Wildman–Crippen MR) is 116 cm³/mol. The molecule has 0 saturated heterocycles. The van der Waals surface area contributed by atoms with Gasteiger partial charge in [-0.15, -0.1) is 0 Å². The van der Waals surface area contributed by atoms with Crippen LogP contribution in [0.5, 0.6) is 5.75 Å². The number of carbonyl (C=O) groups is 2. The molecule has 0 heterocycles. The third-order valence-corrected chi connectivity index (χ3v) is 5.31. The summed E-state index contributed by atoms with van der Waals surface area (Å²) in [4.78, 5) is 25.0. The molecule has 0 aliphatic heterocycles. The molecule has 6 heteroatoms. The van der Waals surface area contributed by atoms with Gasteiger partial charge in [0.15, 0.2) is 6.61 Å². The largest absolute Gasteiger partial charge is 0.483 e. The molecule has 1 fully saturated rings. The van der Waals surface area contributed by atoms with E-state index >= 15 is 0 Å². The van der Waals surface area contributed by atoms with Crippen LogP contribution in [0.4, 0.5) is 5.69 Å². The normalized spacial score (nSPS) is 15.1. The molecule has 0 atom stereocenters. The van der Waals surface area contributed by atoms with Crippen LogP contribution in [0.3, 0.4) is 0 Å². The summed E-state index contributed by atoms with van der Waals surface area (Å²) in [6, 6.07) is 14.1. The van der Waals surface area contributed by atoms with E-state index in [0.29, 0.717) is 22.0 Å². The predicted octanol–water partition coefficient (Wildman–Crippen LogP) is 5.20. The minimum absolute atomic E-state index is 0.149. The zero-order valence-corrected chi connectivity index (χ0v) is 17.2. The minimum atomic E-state index is -0.303. The smallest absolute Gasteiger partial charge is 0.262 e. The monoisotopic (exact) mass is 414 g/mol. The van der Waals surface area contributed by atoms with Gasteiger partial charge in [0.25, 0.3) is 11.8 Å². The van der Waals surface area contributed by atoms with Crippen molar-refractivity contribution in [1.29, 1.82) is 0 Å². The average molecular weight is 415 g/mol. The molecule has 0 spiro atoms. The van der Waals surface area contributed by atoms with Crippen molar-refractivity contribution < 1.29 is 14.3 Å². The van der Waals surface area contributed by atoms with Crippen molar-refractivity contribution >= 4 is 29.1 Å². The Bertz CT molecular complexity index is 815. The molecular formula is C23H27ClN2O3. The summed E-state index contributed by atoms with van der Waals surface area (Å²) >= 11 is 5.85. The zero-order chi connectivity index (χ0) is 20.5. The number of anilines is 1. The van der Waals surface area contributed by atoms with Gasteiger partial charge in [0.2, 0.25) is 0 Å². The van der Waals surface area contributed by atoms with Crippen LogP contribution in [0, 0.1) is 0 Å². The van der Waals surface area contributed by atoms with Gasteiger partial charge in [0.05, 0.1) is 5.56 Å². The summed E-state index contributed by atoms with van der Waals surface area (Å²) in [6.07, 6.45) is 8.07. The number of para-hydroxylation sites is 1. The maximum absolute atomic E-state index is 12.8. The van der Waals surface area contributed by atoms with Crippen molar-refractivity contribution in [3.63, 3.8) is 0 Å². The highest BCUT2D eigenvalue weighted by Gasteiger charge is 2.18. The van der Waals surface area contributed by atoms with Gasteiger partial charge in [-0.2, -0.15) is 0 Å². The van der Waals surface area contributed by atoms with Gasteiger partial charge in [-0.3, -0.25) is 9.59 Å². The zero-order valence-electron chi connectivity index (χ0n) is 16.5. The maximum Gasteiger partial charge on any atom is 0.262 e. The number of halogens is 1. The Balaban J connectivity index is 1.56. The fraction of sp³-hybridized carbons (Fsp3) is 0.391. The van der Waals surface area contributed by atoms with Gasteiger partial charge < -0.3 is 15.4 Å². The molecule has 0 aromatic heterocycles. The Morgan fingerprint density at radius 1 is 0.931 bits per heavy atom. The summed E-state index contributed by atoms with van der Waals surface area (Å²) in [7, 11) is 0. The number of hydrogen-bond acceptors (Lipinski definition) is 3. The van der Waals surface area contributed by atoms with Crippen molar-refractivity contribution in [2.24, 2.45) is 0 Å². The first-order chi connectivity index (χ1) is 14.1. The number of rotatable bonds is 6. The second-order valence-electron chi connectivity index (χ2n) is 7.36. The molecule has 0 bridgehead atoms. The molecule has 29 heavy (non-hydrogen) atoms. The van der Waals surface area contributed by atoms with E-state index in [9.17, 15) is 9.59 Å². The maximum atomic E-state index is 12.8. The van der Waals surface area contributed by atoms with Gasteiger partial charge in [-0.25, -0.2) is 0 Å². The molecule has 2 amide bonds. The summed E-state index contributed by atoms with van der Waals surface area (Å²) in [6.45, 7) is -0.184. The lowest BCUT2D eigenvalue weighted by atomic mass is 9.96. The highest BCUT2D eigenvalue weighted by Crippen LogP contribution is 2.21. The highest BCUT2D eigenvalue weighted by atomic mass is 35.5. The Morgan fingerprint density at radius 3 is 2.31 bits per heavy atom. The summed E-state index contributed by atoms with van der Waals surface area (Å²) in [5.41, 5.74) is 1.09. The third-order valence-electron chi connectivity index (χ3n) is 5.06. The lowest BCUT2D eigenvalue weighted by molar-refractivity contribution is -0.118. The number of carbonyl (C=O) groups excluding carboxylic acids is 2. The first-order valence-corrected chi connectivity index (χ1v) is 10.6. The van der Waals surface area contributed by atoms with Crippen molar-refractivity contribution in [2.45, 2.75) is 51.0 Å². The van der Waals surface area contributed by atoms with Crippen LogP contribution in [0.25, 0.3) is 0 Å². The Hall–Kier alpha value is -2.53. The van der Waals surface area contributed by atoms with Crippen LogP contribution in [-0.2, 0) is 4.79 Å². The molecule has 3 rings (SSSR count). The van der Waals surface area contributed by atoms with E-state index in [0.717, 1.165) is 25.7 Å². The number of nitrogens with one attached hydrogen (secondary N) is 2. The Labute approximate surface area is 176 Å². The Kier molecular flexibility index (Phi) is 7.94. The summed E-state index contributed by atoms with van der Waals surface area (Å²) in [5.74, 6) is -0.0473. The quantitative estimate of drug-likeness (QED) is 0.682. The minimum Gasteiger partial charge on any atom is -0.483 e. The van der Waals surface area contributed by atoms with Crippen molar-refractivity contribution in [3.05, 3.63) is 59.1 Å². The number of amides is 2. The van der Waals surface area contributed by atoms with Crippen LogP contribution in [0.15, 0.2) is 48.5 Å². The lowest BCUT2D eigenvalue weighted by Crippen LogP contribution is -2.35. The van der Waals surface area contributed by atoms with Crippen molar-refractivity contribution in [2.75, 3.05) is 11.9 Å². The van der Waals surface area contributed by atoms with Crippen LogP contribution < -0.4 is 15.4 Å². The summed E-state index contributed by atoms with van der Waals surface area (Å²) in [5, 5.41) is 6.49. The summed E-state index contributed by atoms with van der Waals surface area (Å²) < 4.78 is 5.65. The van der Waals surface area contributed by atoms with Gasteiger partial charge in [-0.1, -0.05) is 55.8 Å². The second kappa shape index (κ2) is 10.9. The van der Waals surface area contributed by atoms with E-state index < -0.39 is 0 Å². The third kappa shape index (κ3) is 6.79. The number of benzene rings is 2. The van der Waals surface area contributed by atoms with E-state index in [4.69, 9.17) is 16.3 Å². The molecule has 5 nitrogen and oxygen atoms in total. The fourth-order valence-electron chi connectivity index (χ4n) is 3.52. The molecule has 154 valence electrons. The molecular weight excluding hydrogens is 388 g/mol. The molecule has 1 aliphatic carbocycles. The van der Waals surface area contributed by atoms with E-state index in [1.807, 2.05) is 0 Å². The van der Waals surface area contributed by atoms with E-state index in [1.54, 1.807) is 48.5 Å². The van der Waals surface area contributed by atoms with Gasteiger partial charge in [0, 0.05) is 16.8 Å². The molecule has 2 aromatic carbocycles. The molecule has 1 saturated carbocycles. The van der Waals surface area contributed by atoms with Gasteiger partial charge in [-0.05, 0) is 49.2 Å². The van der Waals surface area contributed by atoms with Crippen LogP contribution in [0.2, 0.25) is 5.02 Å². The van der Waals surface area contributed by atoms with E-state index in [1.165, 1.54) is 19.3 Å². The molecule has 2 aromatic rings. The van der Waals surface area contributed by atoms with Gasteiger partial charge in [0.1, 0.15) is 5.75 Å². The van der Waals surface area contributed by atoms with E-state index in [-0.39, 0.29) is 24.5 Å². The van der Waals surface area contributed by atoms with Crippen LogP contribution in [0.1, 0.15) is 55.3 Å². The fourth-order valence-corrected chi connectivity index (χ4v) is 3.64. The van der Waals surface area contributed by atoms with Crippen LogP contribution >= 0.6 is 11.6 Å². The topological polar surface area (TPSA) is 67.4 Å².